The number of hydrogen-bond donors (Lipinski definition) is 2. The normalized spacial score (nSPS) is 26.6. The molecule has 2 rings (SSSR count). The summed E-state index contributed by atoms with van der Waals surface area (Å²) in [6.07, 6.45) is 6.21. The van der Waals surface area contributed by atoms with Gasteiger partial charge in [-0.1, -0.05) is 19.3 Å². The number of nitrogens with two attached hydrogens (primary N) is 1. The van der Waals surface area contributed by atoms with Crippen LogP contribution in [0.15, 0.2) is 0 Å². The number of nitrogens with one attached hydrogen (secondary N) is 1. The molecule has 6 heteroatoms. The van der Waals surface area contributed by atoms with E-state index in [4.69, 9.17) is 5.73 Å². The molecule has 2 aliphatic rings. The molecule has 0 aromatic rings. The van der Waals surface area contributed by atoms with Crippen LogP contribution in [0.25, 0.3) is 0 Å². The molecule has 0 spiro atoms. The largest absolute Gasteiger partial charge is 0.369 e. The average molecular weight is 306 g/mol. The first kappa shape index (κ1) is 16.8. The van der Waals surface area contributed by atoms with Crippen molar-refractivity contribution in [2.45, 2.75) is 63.5 Å². The highest BCUT2D eigenvalue weighted by Crippen LogP contribution is 2.28. The molecule has 1 aliphatic heterocycles. The average Bonchev–Trinajstić information content (AvgIpc) is 2.55. The molecule has 0 unspecified atom stereocenters. The van der Waals surface area contributed by atoms with Crippen molar-refractivity contribution in [2.75, 3.05) is 13.1 Å². The molecule has 2 atom stereocenters. The van der Waals surface area contributed by atoms with Crippen LogP contribution >= 0.6 is 0 Å². The molecule has 2 amide bonds. The van der Waals surface area contributed by atoms with Gasteiger partial charge < -0.3 is 11.1 Å². The van der Waals surface area contributed by atoms with Crippen LogP contribution in [0.5, 0.6) is 0 Å². The summed E-state index contributed by atoms with van der Waals surface area (Å²) in [4.78, 5) is 25.9. The van der Waals surface area contributed by atoms with Crippen LogP contribution in [0.4, 0.5) is 0 Å². The van der Waals surface area contributed by atoms with Gasteiger partial charge in [-0.25, -0.2) is 0 Å². The highest BCUT2D eigenvalue weighted by molar-refractivity contribution is 5.83. The number of nitriles is 1. The monoisotopic (exact) mass is 306 g/mol. The van der Waals surface area contributed by atoms with E-state index < -0.39 is 5.54 Å². The molecule has 1 saturated heterocycles. The first-order valence-corrected chi connectivity index (χ1v) is 8.24. The minimum atomic E-state index is -0.706. The summed E-state index contributed by atoms with van der Waals surface area (Å²) in [6, 6.07) is 1.97. The van der Waals surface area contributed by atoms with Crippen LogP contribution in [0, 0.1) is 17.2 Å². The molecule has 0 bridgehead atoms. The van der Waals surface area contributed by atoms with Crippen LogP contribution < -0.4 is 11.1 Å². The summed E-state index contributed by atoms with van der Waals surface area (Å²) in [5.41, 5.74) is 4.68. The van der Waals surface area contributed by atoms with Gasteiger partial charge in [0.2, 0.25) is 11.8 Å². The molecular weight excluding hydrogens is 280 g/mol. The lowest BCUT2D eigenvalue weighted by atomic mass is 9.82. The maximum atomic E-state index is 12.5. The predicted molar refractivity (Wildman–Crippen MR) is 82.5 cm³/mol. The Hall–Kier alpha value is -1.61. The van der Waals surface area contributed by atoms with Crippen LogP contribution in [-0.4, -0.2) is 41.4 Å². The van der Waals surface area contributed by atoms with Crippen molar-refractivity contribution >= 4 is 11.8 Å². The number of piperidine rings is 1. The smallest absolute Gasteiger partial charge is 0.238 e. The van der Waals surface area contributed by atoms with Crippen LogP contribution in [0.2, 0.25) is 0 Å². The first-order valence-electron chi connectivity index (χ1n) is 8.24. The number of hydrogen-bond acceptors (Lipinski definition) is 4. The SMILES string of the molecule is C[C@H](C(=O)NC1(C#N)CCCCC1)N1CCC[C@H](C(N)=O)C1. The highest BCUT2D eigenvalue weighted by atomic mass is 16.2. The van der Waals surface area contributed by atoms with E-state index in [2.05, 4.69) is 11.4 Å². The number of rotatable bonds is 4. The Morgan fingerprint density at radius 1 is 1.32 bits per heavy atom. The molecule has 1 aliphatic carbocycles. The Morgan fingerprint density at radius 3 is 2.59 bits per heavy atom. The van der Waals surface area contributed by atoms with Gasteiger partial charge in [0.25, 0.3) is 0 Å². The van der Waals surface area contributed by atoms with Gasteiger partial charge in [0.1, 0.15) is 5.54 Å². The van der Waals surface area contributed by atoms with Crippen LogP contribution in [0.3, 0.4) is 0 Å². The fourth-order valence-corrected chi connectivity index (χ4v) is 3.52. The van der Waals surface area contributed by atoms with Crippen molar-refractivity contribution in [1.29, 1.82) is 5.26 Å². The van der Waals surface area contributed by atoms with Gasteiger partial charge in [0, 0.05) is 6.54 Å². The quantitative estimate of drug-likeness (QED) is 0.806. The summed E-state index contributed by atoms with van der Waals surface area (Å²) >= 11 is 0. The fraction of sp³-hybridized carbons (Fsp3) is 0.812. The summed E-state index contributed by atoms with van der Waals surface area (Å²) in [5, 5.41) is 12.4. The van der Waals surface area contributed by atoms with Gasteiger partial charge in [-0.05, 0) is 39.2 Å². The first-order chi connectivity index (χ1) is 10.5. The lowest BCUT2D eigenvalue weighted by Gasteiger charge is -2.37. The van der Waals surface area contributed by atoms with E-state index in [1.165, 1.54) is 0 Å². The van der Waals surface area contributed by atoms with Crippen LogP contribution in [0.1, 0.15) is 51.9 Å². The van der Waals surface area contributed by atoms with Gasteiger partial charge in [-0.3, -0.25) is 14.5 Å². The van der Waals surface area contributed by atoms with E-state index in [-0.39, 0.29) is 23.8 Å². The fourth-order valence-electron chi connectivity index (χ4n) is 3.52. The van der Waals surface area contributed by atoms with Gasteiger partial charge in [0.05, 0.1) is 18.0 Å². The molecule has 0 aromatic heterocycles. The van der Waals surface area contributed by atoms with Gasteiger partial charge in [-0.15, -0.1) is 0 Å². The molecule has 0 aromatic carbocycles. The number of carbonyl (C=O) groups excluding carboxylic acids is 2. The molecule has 1 heterocycles. The predicted octanol–water partition coefficient (Wildman–Crippen LogP) is 0.915. The van der Waals surface area contributed by atoms with Crippen molar-refractivity contribution in [1.82, 2.24) is 10.2 Å². The molecule has 2 fully saturated rings. The number of primary amides is 1. The zero-order chi connectivity index (χ0) is 16.2. The lowest BCUT2D eigenvalue weighted by molar-refractivity contribution is -0.131. The molecule has 6 nitrogen and oxygen atoms in total. The summed E-state index contributed by atoms with van der Waals surface area (Å²) < 4.78 is 0. The number of nitrogens with zero attached hydrogens (tertiary/aromatic N) is 2. The van der Waals surface area contributed by atoms with Crippen LogP contribution in [-0.2, 0) is 9.59 Å². The topological polar surface area (TPSA) is 99.2 Å². The maximum Gasteiger partial charge on any atom is 0.238 e. The van der Waals surface area contributed by atoms with Gasteiger partial charge in [0.15, 0.2) is 0 Å². The van der Waals surface area contributed by atoms with E-state index in [9.17, 15) is 14.9 Å². The second kappa shape index (κ2) is 7.10. The van der Waals surface area contributed by atoms with Gasteiger partial charge in [-0.2, -0.15) is 5.26 Å². The van der Waals surface area contributed by atoms with Gasteiger partial charge >= 0.3 is 0 Å². The molecule has 122 valence electrons. The second-order valence-electron chi connectivity index (χ2n) is 6.66. The Balaban J connectivity index is 1.96. The molecule has 3 N–H and O–H groups in total. The minimum Gasteiger partial charge on any atom is -0.369 e. The zero-order valence-corrected chi connectivity index (χ0v) is 13.3. The number of amides is 2. The van der Waals surface area contributed by atoms with Crippen molar-refractivity contribution in [3.63, 3.8) is 0 Å². The third-order valence-electron chi connectivity index (χ3n) is 5.07. The van der Waals surface area contributed by atoms with E-state index in [0.29, 0.717) is 6.54 Å². The number of carbonyl (C=O) groups is 2. The number of likely N-dealkylation sites (tertiary alicyclic amines) is 1. The van der Waals surface area contributed by atoms with E-state index >= 15 is 0 Å². The Kier molecular flexibility index (Phi) is 5.41. The third kappa shape index (κ3) is 3.77. The molecular formula is C16H26N4O2. The Morgan fingerprint density at radius 2 is 2.00 bits per heavy atom. The van der Waals surface area contributed by atoms with Crippen molar-refractivity contribution in [3.05, 3.63) is 0 Å². The standard InChI is InChI=1S/C16H26N4O2/c1-12(20-9-5-6-13(10-20)14(18)21)15(22)19-16(11-17)7-3-2-4-8-16/h12-13H,2-10H2,1H3,(H2,18,21)(H,19,22)/t12-,13+/m1/s1. The third-order valence-corrected chi connectivity index (χ3v) is 5.07. The Labute approximate surface area is 132 Å². The van der Waals surface area contributed by atoms with E-state index in [1.54, 1.807) is 0 Å². The zero-order valence-electron chi connectivity index (χ0n) is 13.3. The minimum absolute atomic E-state index is 0.117. The maximum absolute atomic E-state index is 12.5. The van der Waals surface area contributed by atoms with E-state index in [0.717, 1.165) is 51.5 Å². The highest BCUT2D eigenvalue weighted by Gasteiger charge is 2.37. The molecule has 22 heavy (non-hydrogen) atoms. The molecule has 0 radical (unpaired) electrons. The van der Waals surface area contributed by atoms with Crippen molar-refractivity contribution in [3.8, 4) is 6.07 Å². The summed E-state index contributed by atoms with van der Waals surface area (Å²) in [5.74, 6) is -0.588. The Bertz CT molecular complexity index is 465. The lowest BCUT2D eigenvalue weighted by Crippen LogP contribution is -2.56. The van der Waals surface area contributed by atoms with Crippen molar-refractivity contribution < 1.29 is 9.59 Å². The summed E-state index contributed by atoms with van der Waals surface area (Å²) in [7, 11) is 0. The second-order valence-corrected chi connectivity index (χ2v) is 6.66. The summed E-state index contributed by atoms with van der Waals surface area (Å²) in [6.45, 7) is 3.16. The van der Waals surface area contributed by atoms with Crippen molar-refractivity contribution in [2.24, 2.45) is 11.7 Å². The van der Waals surface area contributed by atoms with E-state index in [1.807, 2.05) is 11.8 Å². The molecule has 1 saturated carbocycles.